The Kier molecular flexibility index (Phi) is 6.71. The second-order valence-electron chi connectivity index (χ2n) is 8.23. The van der Waals surface area contributed by atoms with E-state index in [1.54, 1.807) is 6.92 Å². The lowest BCUT2D eigenvalue weighted by Gasteiger charge is -2.19. The van der Waals surface area contributed by atoms with Gasteiger partial charge in [0.15, 0.2) is 11.4 Å². The summed E-state index contributed by atoms with van der Waals surface area (Å²) in [6, 6.07) is 4.72. The van der Waals surface area contributed by atoms with Gasteiger partial charge in [-0.25, -0.2) is 9.97 Å². The predicted molar refractivity (Wildman–Crippen MR) is 133 cm³/mol. The van der Waals surface area contributed by atoms with Crippen LogP contribution in [0.25, 0.3) is 0 Å². The molecule has 6 N–H and O–H groups in total. The van der Waals surface area contributed by atoms with Gasteiger partial charge in [-0.3, -0.25) is 10.2 Å². The van der Waals surface area contributed by atoms with Crippen LogP contribution in [0.1, 0.15) is 28.7 Å². The first-order valence-electron chi connectivity index (χ1n) is 10.8. The topological polar surface area (TPSA) is 171 Å². The normalized spacial score (nSPS) is 13.3. The molecule has 3 aromatic rings. The number of rotatable bonds is 7. The molecule has 1 atom stereocenters. The Balaban J connectivity index is 1.60. The van der Waals surface area contributed by atoms with Crippen LogP contribution in [0.15, 0.2) is 24.4 Å². The van der Waals surface area contributed by atoms with Crippen LogP contribution in [0.3, 0.4) is 0 Å². The van der Waals surface area contributed by atoms with Gasteiger partial charge in [0, 0.05) is 39.3 Å². The van der Waals surface area contributed by atoms with Gasteiger partial charge in [-0.1, -0.05) is 0 Å². The Morgan fingerprint density at radius 1 is 1.31 bits per heavy atom. The van der Waals surface area contributed by atoms with Gasteiger partial charge in [-0.05, 0) is 36.7 Å². The van der Waals surface area contributed by atoms with E-state index in [-0.39, 0.29) is 46.0 Å². The summed E-state index contributed by atoms with van der Waals surface area (Å²) in [5.41, 5.74) is 1.57. The highest BCUT2D eigenvalue weighted by molar-refractivity contribution is 7.11. The van der Waals surface area contributed by atoms with Crippen molar-refractivity contribution in [3.05, 3.63) is 41.3 Å². The number of amidine groups is 1. The minimum Gasteiger partial charge on any atom is -0.504 e. The maximum atomic E-state index is 13.3. The van der Waals surface area contributed by atoms with Crippen molar-refractivity contribution in [2.45, 2.75) is 19.4 Å². The van der Waals surface area contributed by atoms with E-state index in [0.717, 1.165) is 23.0 Å². The molecule has 4 heterocycles. The fourth-order valence-corrected chi connectivity index (χ4v) is 4.34. The van der Waals surface area contributed by atoms with Crippen molar-refractivity contribution in [2.24, 2.45) is 0 Å². The SMILES string of the molecule is CC(CO)NC(=N)c1c(O)nsc1Nc1ccnc(C(=O)N2CCc3nc(N(C)C)ccc32)c1O. The summed E-state index contributed by atoms with van der Waals surface area (Å²) >= 11 is 0.883. The van der Waals surface area contributed by atoms with Crippen LogP contribution in [0, 0.1) is 5.41 Å². The molecule has 1 unspecified atom stereocenters. The number of hydrogen-bond donors (Lipinski definition) is 6. The van der Waals surface area contributed by atoms with Crippen LogP contribution in [-0.2, 0) is 6.42 Å². The van der Waals surface area contributed by atoms with Gasteiger partial charge < -0.3 is 35.8 Å². The average molecular weight is 499 g/mol. The number of amides is 1. The second kappa shape index (κ2) is 9.72. The van der Waals surface area contributed by atoms with Crippen LogP contribution >= 0.6 is 11.5 Å². The largest absolute Gasteiger partial charge is 0.504 e. The smallest absolute Gasteiger partial charge is 0.280 e. The minimum atomic E-state index is -0.470. The predicted octanol–water partition coefficient (Wildman–Crippen LogP) is 1.65. The Morgan fingerprint density at radius 3 is 2.80 bits per heavy atom. The van der Waals surface area contributed by atoms with Crippen molar-refractivity contribution < 1.29 is 20.1 Å². The molecule has 3 aromatic heterocycles. The van der Waals surface area contributed by atoms with Crippen LogP contribution in [0.2, 0.25) is 0 Å². The summed E-state index contributed by atoms with van der Waals surface area (Å²) in [5, 5.41) is 44.4. The molecule has 0 bridgehead atoms. The summed E-state index contributed by atoms with van der Waals surface area (Å²) < 4.78 is 3.87. The molecule has 0 radical (unpaired) electrons. The van der Waals surface area contributed by atoms with Crippen LogP contribution in [-0.4, -0.2) is 74.7 Å². The maximum absolute atomic E-state index is 13.3. The molecule has 1 amide bonds. The molecule has 184 valence electrons. The highest BCUT2D eigenvalue weighted by Crippen LogP contribution is 2.37. The first-order chi connectivity index (χ1) is 16.7. The zero-order chi connectivity index (χ0) is 25.3. The Morgan fingerprint density at radius 2 is 2.09 bits per heavy atom. The number of pyridine rings is 2. The molecule has 1 aliphatic rings. The Labute approximate surface area is 205 Å². The third kappa shape index (κ3) is 4.68. The molecular weight excluding hydrogens is 472 g/mol. The maximum Gasteiger partial charge on any atom is 0.280 e. The summed E-state index contributed by atoms with van der Waals surface area (Å²) in [7, 11) is 3.79. The van der Waals surface area contributed by atoms with E-state index in [9.17, 15) is 20.1 Å². The van der Waals surface area contributed by atoms with Crippen molar-refractivity contribution in [3.8, 4) is 11.6 Å². The standard InChI is InChI=1S/C22H26N8O4S/c1-11(10-31)25-19(23)16-20(33)28-35-21(16)27-13-6-8-24-17(18(13)32)22(34)30-9-7-12-14(30)4-5-15(26-12)29(2)3/h4-6,8,11,31-32H,7,9-10H2,1-3H3,(H2,23,25)(H,24,27)(H,28,33). The number of aliphatic hydroxyl groups excluding tert-OH is 1. The third-order valence-electron chi connectivity index (χ3n) is 5.47. The molecular formula is C22H26N8O4S. The van der Waals surface area contributed by atoms with E-state index < -0.39 is 11.9 Å². The first-order valence-corrected chi connectivity index (χ1v) is 11.6. The molecule has 35 heavy (non-hydrogen) atoms. The number of carbonyl (C=O) groups excluding carboxylic acids is 1. The number of carbonyl (C=O) groups is 1. The van der Waals surface area contributed by atoms with Crippen molar-refractivity contribution in [2.75, 3.05) is 42.4 Å². The highest BCUT2D eigenvalue weighted by Gasteiger charge is 2.30. The lowest BCUT2D eigenvalue weighted by atomic mass is 10.2. The van der Waals surface area contributed by atoms with Crippen molar-refractivity contribution in [3.63, 3.8) is 0 Å². The Hall–Kier alpha value is -3.97. The summed E-state index contributed by atoms with van der Waals surface area (Å²) in [4.78, 5) is 25.4. The van der Waals surface area contributed by atoms with E-state index >= 15 is 0 Å². The van der Waals surface area contributed by atoms with Crippen molar-refractivity contribution in [1.29, 1.82) is 5.41 Å². The van der Waals surface area contributed by atoms with E-state index in [0.29, 0.717) is 18.7 Å². The van der Waals surface area contributed by atoms with Crippen LogP contribution < -0.4 is 20.4 Å². The van der Waals surface area contributed by atoms with Crippen LogP contribution in [0.4, 0.5) is 22.2 Å². The third-order valence-corrected chi connectivity index (χ3v) is 6.22. The van der Waals surface area contributed by atoms with Gasteiger partial charge in [0.1, 0.15) is 22.2 Å². The number of fused-ring (bicyclic) bond motifs is 1. The molecule has 12 nitrogen and oxygen atoms in total. The number of nitrogens with one attached hydrogen (secondary N) is 3. The molecule has 1 aliphatic heterocycles. The molecule has 0 saturated heterocycles. The first kappa shape index (κ1) is 24.2. The van der Waals surface area contributed by atoms with Gasteiger partial charge in [0.25, 0.3) is 5.91 Å². The van der Waals surface area contributed by atoms with E-state index in [1.807, 2.05) is 31.1 Å². The summed E-state index contributed by atoms with van der Waals surface area (Å²) in [6.45, 7) is 1.89. The van der Waals surface area contributed by atoms with E-state index in [2.05, 4.69) is 25.0 Å². The van der Waals surface area contributed by atoms with Gasteiger partial charge in [0.05, 0.1) is 23.7 Å². The monoisotopic (exact) mass is 498 g/mol. The fraction of sp³-hybridized carbons (Fsp3) is 0.318. The summed E-state index contributed by atoms with van der Waals surface area (Å²) in [6.07, 6.45) is 1.98. The molecule has 13 heteroatoms. The van der Waals surface area contributed by atoms with Gasteiger partial charge in [-0.15, -0.1) is 0 Å². The van der Waals surface area contributed by atoms with Gasteiger partial charge >= 0.3 is 0 Å². The van der Waals surface area contributed by atoms with Crippen molar-refractivity contribution >= 4 is 45.5 Å². The number of nitrogens with zero attached hydrogens (tertiary/aromatic N) is 5. The van der Waals surface area contributed by atoms with E-state index in [1.165, 1.54) is 17.2 Å². The molecule has 0 saturated carbocycles. The average Bonchev–Trinajstić information content (AvgIpc) is 3.42. The zero-order valence-electron chi connectivity index (χ0n) is 19.4. The number of aromatic nitrogens is 3. The highest BCUT2D eigenvalue weighted by atomic mass is 32.1. The molecule has 0 spiro atoms. The minimum absolute atomic E-state index is 0.0793. The quantitative estimate of drug-likeness (QED) is 0.208. The molecule has 0 aromatic carbocycles. The zero-order valence-corrected chi connectivity index (χ0v) is 20.2. The summed E-state index contributed by atoms with van der Waals surface area (Å²) in [5.74, 6) is -0.567. The number of anilines is 4. The number of aliphatic hydroxyl groups is 1. The molecule has 4 rings (SSSR count). The fourth-order valence-electron chi connectivity index (χ4n) is 3.63. The number of hydrogen-bond acceptors (Lipinski definition) is 11. The van der Waals surface area contributed by atoms with Gasteiger partial charge in [-0.2, -0.15) is 4.37 Å². The lowest BCUT2D eigenvalue weighted by Crippen LogP contribution is -2.35. The second-order valence-corrected chi connectivity index (χ2v) is 9.00. The van der Waals surface area contributed by atoms with Crippen molar-refractivity contribution in [1.82, 2.24) is 19.7 Å². The lowest BCUT2D eigenvalue weighted by molar-refractivity contribution is 0.0982. The van der Waals surface area contributed by atoms with Gasteiger partial charge in [0.2, 0.25) is 5.88 Å². The van der Waals surface area contributed by atoms with Crippen LogP contribution in [0.5, 0.6) is 11.6 Å². The Bertz CT molecular complexity index is 1280. The van der Waals surface area contributed by atoms with E-state index in [4.69, 9.17) is 5.41 Å². The molecule has 0 fully saturated rings. The number of aromatic hydroxyl groups is 2. The molecule has 0 aliphatic carbocycles.